The minimum atomic E-state index is -4.46. The number of hydrogen-bond acceptors (Lipinski definition) is 2. The molecule has 0 bridgehead atoms. The molecule has 0 saturated heterocycles. The van der Waals surface area contributed by atoms with Crippen molar-refractivity contribution < 1.29 is 27.9 Å². The Hall–Kier alpha value is -2.05. The van der Waals surface area contributed by atoms with E-state index in [4.69, 9.17) is 5.11 Å². The van der Waals surface area contributed by atoms with Gasteiger partial charge in [0.2, 0.25) is 5.91 Å². The molecular formula is C16H18F3NO3. The first kappa shape index (κ1) is 17.3. The molecule has 4 nitrogen and oxygen atoms in total. The summed E-state index contributed by atoms with van der Waals surface area (Å²) in [6.45, 7) is 1.26. The van der Waals surface area contributed by atoms with E-state index >= 15 is 0 Å². The number of carbonyl (C=O) groups excluding carboxylic acids is 1. The summed E-state index contributed by atoms with van der Waals surface area (Å²) >= 11 is 0. The van der Waals surface area contributed by atoms with Crippen molar-refractivity contribution >= 4 is 11.9 Å². The van der Waals surface area contributed by atoms with Gasteiger partial charge in [-0.1, -0.05) is 24.6 Å². The van der Waals surface area contributed by atoms with Gasteiger partial charge >= 0.3 is 12.1 Å². The predicted octanol–water partition coefficient (Wildman–Crippen LogP) is 3.18. The number of halogens is 3. The highest BCUT2D eigenvalue weighted by Crippen LogP contribution is 2.41. The van der Waals surface area contributed by atoms with Crippen LogP contribution in [0.2, 0.25) is 0 Å². The van der Waals surface area contributed by atoms with E-state index in [1.807, 2.05) is 0 Å². The molecule has 1 aliphatic carbocycles. The van der Waals surface area contributed by atoms with Crippen LogP contribution in [-0.4, -0.2) is 23.0 Å². The van der Waals surface area contributed by atoms with Crippen LogP contribution < -0.4 is 5.32 Å². The van der Waals surface area contributed by atoms with Gasteiger partial charge in [-0.2, -0.15) is 13.2 Å². The summed E-state index contributed by atoms with van der Waals surface area (Å²) in [6.07, 6.45) is -2.71. The van der Waals surface area contributed by atoms with Crippen LogP contribution in [0, 0.1) is 5.92 Å². The molecule has 0 aliphatic heterocycles. The molecule has 1 amide bonds. The van der Waals surface area contributed by atoms with Gasteiger partial charge in [0.15, 0.2) is 0 Å². The summed E-state index contributed by atoms with van der Waals surface area (Å²) < 4.78 is 39.5. The molecule has 3 atom stereocenters. The number of carboxylic acid groups (broad SMARTS) is 1. The number of hydrogen-bond donors (Lipinski definition) is 2. The fraction of sp³-hybridized carbons (Fsp3) is 0.500. The van der Waals surface area contributed by atoms with Gasteiger partial charge in [0.05, 0.1) is 5.56 Å². The van der Waals surface area contributed by atoms with Crippen molar-refractivity contribution in [1.82, 2.24) is 5.32 Å². The predicted molar refractivity (Wildman–Crippen MR) is 76.8 cm³/mol. The standard InChI is InChI=1S/C16H18F3NO3/c1-9(15(22)23)14(21)20-13-8-4-6-11(13)10-5-2-3-7-12(10)16(17,18)19/h2-3,5,7,9,11,13H,4,6,8H2,1H3,(H,20,21)(H,22,23). The van der Waals surface area contributed by atoms with Gasteiger partial charge in [0.1, 0.15) is 5.92 Å². The number of aliphatic carboxylic acids is 1. The quantitative estimate of drug-likeness (QED) is 0.834. The van der Waals surface area contributed by atoms with Crippen molar-refractivity contribution in [3.63, 3.8) is 0 Å². The normalized spacial score (nSPS) is 22.6. The molecule has 0 spiro atoms. The van der Waals surface area contributed by atoms with E-state index in [-0.39, 0.29) is 5.56 Å². The first-order valence-corrected chi connectivity index (χ1v) is 7.41. The van der Waals surface area contributed by atoms with Crippen LogP contribution in [0.3, 0.4) is 0 Å². The fourth-order valence-electron chi connectivity index (χ4n) is 3.00. The van der Waals surface area contributed by atoms with E-state index < -0.39 is 41.5 Å². The SMILES string of the molecule is CC(C(=O)O)C(=O)NC1CCCC1c1ccccc1C(F)(F)F. The lowest BCUT2D eigenvalue weighted by molar-refractivity contribution is -0.146. The van der Waals surface area contributed by atoms with Crippen molar-refractivity contribution in [2.75, 3.05) is 0 Å². The smallest absolute Gasteiger partial charge is 0.416 e. The van der Waals surface area contributed by atoms with E-state index in [1.165, 1.54) is 19.1 Å². The maximum atomic E-state index is 13.2. The Morgan fingerprint density at radius 3 is 2.52 bits per heavy atom. The minimum Gasteiger partial charge on any atom is -0.481 e. The summed E-state index contributed by atoms with van der Waals surface area (Å²) in [6, 6.07) is 4.86. The summed E-state index contributed by atoms with van der Waals surface area (Å²) in [5.41, 5.74) is -0.539. The summed E-state index contributed by atoms with van der Waals surface area (Å²) in [4.78, 5) is 22.7. The van der Waals surface area contributed by atoms with Gasteiger partial charge in [-0.25, -0.2) is 0 Å². The number of benzene rings is 1. The third kappa shape index (κ3) is 3.83. The van der Waals surface area contributed by atoms with Gasteiger partial charge in [0, 0.05) is 12.0 Å². The summed E-state index contributed by atoms with van der Waals surface area (Å²) in [7, 11) is 0. The van der Waals surface area contributed by atoms with Gasteiger partial charge in [-0.05, 0) is 31.4 Å². The number of rotatable bonds is 4. The van der Waals surface area contributed by atoms with Crippen molar-refractivity contribution in [3.8, 4) is 0 Å². The Balaban J connectivity index is 2.23. The average Bonchev–Trinajstić information content (AvgIpc) is 2.93. The molecule has 2 rings (SSSR count). The first-order chi connectivity index (χ1) is 10.7. The van der Waals surface area contributed by atoms with Crippen LogP contribution in [-0.2, 0) is 15.8 Å². The van der Waals surface area contributed by atoms with Gasteiger partial charge in [-0.3, -0.25) is 9.59 Å². The second-order valence-corrected chi connectivity index (χ2v) is 5.80. The topological polar surface area (TPSA) is 66.4 Å². The number of carboxylic acids is 1. The minimum absolute atomic E-state index is 0.158. The van der Waals surface area contributed by atoms with Crippen LogP contribution in [0.1, 0.15) is 43.2 Å². The van der Waals surface area contributed by atoms with Crippen molar-refractivity contribution in [2.24, 2.45) is 5.92 Å². The molecule has 126 valence electrons. The summed E-state index contributed by atoms with van der Waals surface area (Å²) in [5, 5.41) is 11.5. The molecular weight excluding hydrogens is 311 g/mol. The molecule has 1 aliphatic rings. The molecule has 1 saturated carbocycles. The lowest BCUT2D eigenvalue weighted by atomic mass is 9.89. The van der Waals surface area contributed by atoms with Crippen molar-refractivity contribution in [2.45, 2.75) is 44.3 Å². The average molecular weight is 329 g/mol. The van der Waals surface area contributed by atoms with Gasteiger partial charge in [0.25, 0.3) is 0 Å². The number of alkyl halides is 3. The maximum absolute atomic E-state index is 13.2. The van der Waals surface area contributed by atoms with E-state index in [2.05, 4.69) is 5.32 Å². The zero-order chi connectivity index (χ0) is 17.2. The van der Waals surface area contributed by atoms with E-state index in [1.54, 1.807) is 6.07 Å². The molecule has 0 aromatic heterocycles. The fourth-order valence-corrected chi connectivity index (χ4v) is 3.00. The van der Waals surface area contributed by atoms with E-state index in [0.29, 0.717) is 19.3 Å². The third-order valence-corrected chi connectivity index (χ3v) is 4.27. The molecule has 0 heterocycles. The Morgan fingerprint density at radius 2 is 1.91 bits per heavy atom. The lowest BCUT2D eigenvalue weighted by Gasteiger charge is -2.25. The molecule has 1 aromatic rings. The van der Waals surface area contributed by atoms with Crippen LogP contribution in [0.15, 0.2) is 24.3 Å². The molecule has 2 N–H and O–H groups in total. The Labute approximate surface area is 131 Å². The lowest BCUT2D eigenvalue weighted by Crippen LogP contribution is -2.41. The molecule has 23 heavy (non-hydrogen) atoms. The van der Waals surface area contributed by atoms with E-state index in [0.717, 1.165) is 6.07 Å². The van der Waals surface area contributed by atoms with Crippen LogP contribution >= 0.6 is 0 Å². The number of carbonyl (C=O) groups is 2. The highest BCUT2D eigenvalue weighted by atomic mass is 19.4. The van der Waals surface area contributed by atoms with Crippen LogP contribution in [0.25, 0.3) is 0 Å². The monoisotopic (exact) mass is 329 g/mol. The Morgan fingerprint density at radius 1 is 1.26 bits per heavy atom. The van der Waals surface area contributed by atoms with Gasteiger partial charge < -0.3 is 10.4 Å². The largest absolute Gasteiger partial charge is 0.481 e. The second-order valence-electron chi connectivity index (χ2n) is 5.80. The summed E-state index contributed by atoms with van der Waals surface area (Å²) in [5.74, 6) is -3.61. The van der Waals surface area contributed by atoms with Crippen molar-refractivity contribution in [3.05, 3.63) is 35.4 Å². The van der Waals surface area contributed by atoms with Gasteiger partial charge in [-0.15, -0.1) is 0 Å². The number of amides is 1. The zero-order valence-corrected chi connectivity index (χ0v) is 12.6. The van der Waals surface area contributed by atoms with Crippen molar-refractivity contribution in [1.29, 1.82) is 0 Å². The first-order valence-electron chi connectivity index (χ1n) is 7.41. The third-order valence-electron chi connectivity index (χ3n) is 4.27. The molecule has 1 fully saturated rings. The molecule has 3 unspecified atom stereocenters. The van der Waals surface area contributed by atoms with Crippen LogP contribution in [0.4, 0.5) is 13.2 Å². The second kappa shape index (κ2) is 6.60. The molecule has 0 radical (unpaired) electrons. The Kier molecular flexibility index (Phi) is 4.97. The highest BCUT2D eigenvalue weighted by molar-refractivity contribution is 5.96. The number of nitrogens with one attached hydrogen (secondary N) is 1. The zero-order valence-electron chi connectivity index (χ0n) is 12.6. The Bertz CT molecular complexity index is 600. The highest BCUT2D eigenvalue weighted by Gasteiger charge is 2.39. The van der Waals surface area contributed by atoms with Crippen LogP contribution in [0.5, 0.6) is 0 Å². The maximum Gasteiger partial charge on any atom is 0.416 e. The molecule has 7 heteroatoms. The molecule has 1 aromatic carbocycles. The van der Waals surface area contributed by atoms with E-state index in [9.17, 15) is 22.8 Å².